The number of rotatable bonds is 8. The zero-order chi connectivity index (χ0) is 25.4. The number of anilines is 1. The van der Waals surface area contributed by atoms with Crippen LogP contribution in [0.1, 0.15) is 70.7 Å². The molecule has 1 aromatic rings. The van der Waals surface area contributed by atoms with Crippen molar-refractivity contribution < 1.29 is 14.3 Å². The minimum absolute atomic E-state index is 0.0688. The molecule has 0 saturated carbocycles. The molecule has 8 nitrogen and oxygen atoms in total. The molecule has 3 rings (SSSR count). The van der Waals surface area contributed by atoms with E-state index in [1.54, 1.807) is 6.20 Å². The van der Waals surface area contributed by atoms with E-state index < -0.39 is 5.60 Å². The Labute approximate surface area is 211 Å². The maximum absolute atomic E-state index is 13.2. The highest BCUT2D eigenvalue weighted by molar-refractivity contribution is 5.98. The van der Waals surface area contributed by atoms with Crippen molar-refractivity contribution in [2.75, 3.05) is 57.7 Å². The molecule has 0 spiro atoms. The molecule has 0 atom stereocenters. The Balaban J connectivity index is 1.39. The van der Waals surface area contributed by atoms with Crippen molar-refractivity contribution in [1.82, 2.24) is 19.7 Å². The first-order valence-corrected chi connectivity index (χ1v) is 13.3. The van der Waals surface area contributed by atoms with Gasteiger partial charge in [0.25, 0.3) is 5.91 Å². The van der Waals surface area contributed by atoms with Gasteiger partial charge in [-0.05, 0) is 77.0 Å². The molecule has 0 aliphatic carbocycles. The van der Waals surface area contributed by atoms with Crippen molar-refractivity contribution >= 4 is 17.8 Å². The predicted molar refractivity (Wildman–Crippen MR) is 140 cm³/mol. The van der Waals surface area contributed by atoms with Crippen LogP contribution in [-0.4, -0.2) is 89.6 Å². The molecule has 3 heterocycles. The molecular weight excluding hydrogens is 442 g/mol. The largest absolute Gasteiger partial charge is 0.444 e. The third kappa shape index (κ3) is 8.67. The lowest BCUT2D eigenvalue weighted by Gasteiger charge is -2.37. The zero-order valence-electron chi connectivity index (χ0n) is 22.4. The van der Waals surface area contributed by atoms with Gasteiger partial charge in [-0.25, -0.2) is 9.78 Å². The summed E-state index contributed by atoms with van der Waals surface area (Å²) in [5.74, 6) is 2.01. The fraction of sp³-hybridized carbons (Fsp3) is 0.741. The second kappa shape index (κ2) is 12.6. The molecule has 1 N–H and O–H groups in total. The fourth-order valence-corrected chi connectivity index (χ4v) is 4.64. The maximum Gasteiger partial charge on any atom is 0.410 e. The van der Waals surface area contributed by atoms with E-state index in [9.17, 15) is 9.59 Å². The molecular formula is C27H45N5O3. The standard InChI is InChI=1S/C27H45N5O3/c1-21(2)8-13-29-24-23(7-6-12-28-24)25(33)31-19-17-30(18-20-31)14-9-22-10-15-32(16-11-22)26(34)35-27(3,4)5/h6-7,12,21-22H,8-11,13-20H2,1-5H3,(H,28,29). The van der Waals surface area contributed by atoms with Gasteiger partial charge < -0.3 is 19.9 Å². The molecule has 0 bridgehead atoms. The molecule has 0 aromatic carbocycles. The van der Waals surface area contributed by atoms with Crippen molar-refractivity contribution in [3.8, 4) is 0 Å². The third-order valence-corrected chi connectivity index (χ3v) is 6.83. The number of carbonyl (C=O) groups is 2. The minimum Gasteiger partial charge on any atom is -0.444 e. The van der Waals surface area contributed by atoms with Crippen LogP contribution in [0.4, 0.5) is 10.6 Å². The summed E-state index contributed by atoms with van der Waals surface area (Å²) in [4.78, 5) is 36.1. The number of carbonyl (C=O) groups excluding carboxylic acids is 2. The van der Waals surface area contributed by atoms with E-state index in [1.807, 2.05) is 42.7 Å². The first-order chi connectivity index (χ1) is 16.6. The summed E-state index contributed by atoms with van der Waals surface area (Å²) in [6.45, 7) is 16.8. The van der Waals surface area contributed by atoms with Gasteiger partial charge in [0.2, 0.25) is 0 Å². The summed E-state index contributed by atoms with van der Waals surface area (Å²) in [6.07, 6.45) is 5.80. The van der Waals surface area contributed by atoms with Gasteiger partial charge in [-0.3, -0.25) is 9.69 Å². The second-order valence-electron chi connectivity index (χ2n) is 11.3. The smallest absolute Gasteiger partial charge is 0.410 e. The van der Waals surface area contributed by atoms with Crippen LogP contribution in [0.5, 0.6) is 0 Å². The number of pyridine rings is 1. The first kappa shape index (κ1) is 27.2. The summed E-state index contributed by atoms with van der Waals surface area (Å²) < 4.78 is 5.50. The van der Waals surface area contributed by atoms with E-state index in [2.05, 4.69) is 29.0 Å². The number of nitrogens with one attached hydrogen (secondary N) is 1. The van der Waals surface area contributed by atoms with Crippen LogP contribution in [0.3, 0.4) is 0 Å². The Bertz CT molecular complexity index is 822. The average Bonchev–Trinajstić information content (AvgIpc) is 2.82. The Hall–Kier alpha value is -2.35. The van der Waals surface area contributed by atoms with Gasteiger partial charge in [-0.15, -0.1) is 0 Å². The average molecular weight is 488 g/mol. The molecule has 1 aromatic heterocycles. The van der Waals surface area contributed by atoms with Gasteiger partial charge in [-0.2, -0.15) is 0 Å². The van der Waals surface area contributed by atoms with Crippen LogP contribution in [0.2, 0.25) is 0 Å². The van der Waals surface area contributed by atoms with Crippen molar-refractivity contribution in [3.05, 3.63) is 23.9 Å². The molecule has 35 heavy (non-hydrogen) atoms. The monoisotopic (exact) mass is 487 g/mol. The van der Waals surface area contributed by atoms with Crippen LogP contribution in [0, 0.1) is 11.8 Å². The Morgan fingerprint density at radius 1 is 1.09 bits per heavy atom. The molecule has 0 unspecified atom stereocenters. The van der Waals surface area contributed by atoms with Crippen LogP contribution >= 0.6 is 0 Å². The quantitative estimate of drug-likeness (QED) is 0.588. The second-order valence-corrected chi connectivity index (χ2v) is 11.3. The summed E-state index contributed by atoms with van der Waals surface area (Å²) in [5, 5.41) is 3.35. The normalized spacial score (nSPS) is 18.1. The number of piperazine rings is 1. The van der Waals surface area contributed by atoms with Gasteiger partial charge in [0, 0.05) is 52.0 Å². The molecule has 2 amide bonds. The Kier molecular flexibility index (Phi) is 9.78. The van der Waals surface area contributed by atoms with E-state index in [0.29, 0.717) is 23.2 Å². The summed E-state index contributed by atoms with van der Waals surface area (Å²) in [7, 11) is 0. The highest BCUT2D eigenvalue weighted by Crippen LogP contribution is 2.23. The van der Waals surface area contributed by atoms with E-state index in [1.165, 1.54) is 0 Å². The number of aromatic nitrogens is 1. The van der Waals surface area contributed by atoms with Crippen molar-refractivity contribution in [2.24, 2.45) is 11.8 Å². The fourth-order valence-electron chi connectivity index (χ4n) is 4.64. The highest BCUT2D eigenvalue weighted by atomic mass is 16.6. The van der Waals surface area contributed by atoms with E-state index in [4.69, 9.17) is 4.74 Å². The number of likely N-dealkylation sites (tertiary alicyclic amines) is 1. The lowest BCUT2D eigenvalue weighted by Crippen LogP contribution is -2.49. The van der Waals surface area contributed by atoms with E-state index in [0.717, 1.165) is 78.0 Å². The first-order valence-electron chi connectivity index (χ1n) is 13.3. The van der Waals surface area contributed by atoms with Gasteiger partial charge >= 0.3 is 6.09 Å². The van der Waals surface area contributed by atoms with Crippen molar-refractivity contribution in [2.45, 2.75) is 65.9 Å². The van der Waals surface area contributed by atoms with Gasteiger partial charge in [-0.1, -0.05) is 13.8 Å². The van der Waals surface area contributed by atoms with Crippen molar-refractivity contribution in [3.63, 3.8) is 0 Å². The van der Waals surface area contributed by atoms with Gasteiger partial charge in [0.1, 0.15) is 11.4 Å². The molecule has 2 aliphatic rings. The van der Waals surface area contributed by atoms with Crippen LogP contribution in [-0.2, 0) is 4.74 Å². The van der Waals surface area contributed by atoms with Gasteiger partial charge in [0.05, 0.1) is 5.56 Å². The molecule has 2 aliphatic heterocycles. The summed E-state index contributed by atoms with van der Waals surface area (Å²) in [6, 6.07) is 3.72. The number of nitrogens with zero attached hydrogens (tertiary/aromatic N) is 4. The molecule has 2 fully saturated rings. The number of hydrogen-bond donors (Lipinski definition) is 1. The number of hydrogen-bond acceptors (Lipinski definition) is 6. The minimum atomic E-state index is -0.444. The highest BCUT2D eigenvalue weighted by Gasteiger charge is 2.28. The molecule has 0 radical (unpaired) electrons. The third-order valence-electron chi connectivity index (χ3n) is 6.83. The maximum atomic E-state index is 13.2. The summed E-state index contributed by atoms with van der Waals surface area (Å²) >= 11 is 0. The van der Waals surface area contributed by atoms with Gasteiger partial charge in [0.15, 0.2) is 0 Å². The lowest BCUT2D eigenvalue weighted by molar-refractivity contribution is 0.0174. The van der Waals surface area contributed by atoms with E-state index >= 15 is 0 Å². The zero-order valence-corrected chi connectivity index (χ0v) is 22.4. The number of piperidine rings is 1. The number of amides is 2. The molecule has 2 saturated heterocycles. The predicted octanol–water partition coefficient (Wildman–Crippen LogP) is 4.33. The summed E-state index contributed by atoms with van der Waals surface area (Å²) in [5.41, 5.74) is 0.224. The van der Waals surface area contributed by atoms with Crippen molar-refractivity contribution in [1.29, 1.82) is 0 Å². The lowest BCUT2D eigenvalue weighted by atomic mass is 9.93. The molecule has 8 heteroatoms. The van der Waals surface area contributed by atoms with Crippen LogP contribution in [0.15, 0.2) is 18.3 Å². The Morgan fingerprint density at radius 2 is 1.77 bits per heavy atom. The number of ether oxygens (including phenoxy) is 1. The van der Waals surface area contributed by atoms with Crippen LogP contribution < -0.4 is 5.32 Å². The Morgan fingerprint density at radius 3 is 2.40 bits per heavy atom. The topological polar surface area (TPSA) is 78.0 Å². The molecule has 196 valence electrons. The van der Waals surface area contributed by atoms with E-state index in [-0.39, 0.29) is 12.0 Å². The SMILES string of the molecule is CC(C)CCNc1ncccc1C(=O)N1CCN(CCC2CCN(C(=O)OC(C)(C)C)CC2)CC1. The van der Waals surface area contributed by atoms with Crippen LogP contribution in [0.25, 0.3) is 0 Å².